The number of hydrogen-bond donors (Lipinski definition) is 1. The molecule has 1 aromatic heterocycles. The van der Waals surface area contributed by atoms with E-state index in [0.717, 1.165) is 41.3 Å². The molecular weight excluding hydrogens is 356 g/mol. The van der Waals surface area contributed by atoms with E-state index in [9.17, 15) is 18.0 Å². The molecule has 8 nitrogen and oxygen atoms in total. The average molecular weight is 381 g/mol. The third kappa shape index (κ3) is 4.08. The van der Waals surface area contributed by atoms with E-state index in [1.807, 2.05) is 6.92 Å². The molecule has 1 fully saturated rings. The van der Waals surface area contributed by atoms with Crippen molar-refractivity contribution in [2.24, 2.45) is 20.0 Å². The van der Waals surface area contributed by atoms with E-state index < -0.39 is 21.3 Å². The molecule has 0 aliphatic carbocycles. The Labute approximate surface area is 147 Å². The summed E-state index contributed by atoms with van der Waals surface area (Å²) in [5, 5.41) is 3.27. The monoisotopic (exact) mass is 380 g/mol. The Hall–Kier alpha value is -1.16. The van der Waals surface area contributed by atoms with Crippen LogP contribution in [0.15, 0.2) is 20.7 Å². The van der Waals surface area contributed by atoms with Gasteiger partial charge in [-0.3, -0.25) is 9.36 Å². The predicted octanol–water partition coefficient (Wildman–Crippen LogP) is -0.484. The number of halogens is 1. The molecule has 138 valence electrons. The van der Waals surface area contributed by atoms with Crippen molar-refractivity contribution >= 4 is 22.4 Å². The molecule has 24 heavy (non-hydrogen) atoms. The number of nitrogens with zero attached hydrogens (tertiary/aromatic N) is 3. The number of sulfonamides is 1. The second-order valence-corrected chi connectivity index (χ2v) is 7.81. The zero-order valence-electron chi connectivity index (χ0n) is 14.2. The number of rotatable bonds is 5. The first-order valence-corrected chi connectivity index (χ1v) is 9.20. The van der Waals surface area contributed by atoms with Crippen LogP contribution in [0.2, 0.25) is 0 Å². The third-order valence-corrected chi connectivity index (χ3v) is 6.17. The highest BCUT2D eigenvalue weighted by molar-refractivity contribution is 7.89. The average Bonchev–Trinajstić information content (AvgIpc) is 2.54. The fourth-order valence-corrected chi connectivity index (χ4v) is 4.41. The summed E-state index contributed by atoms with van der Waals surface area (Å²) < 4.78 is 28.7. The lowest BCUT2D eigenvalue weighted by Crippen LogP contribution is -2.45. The summed E-state index contributed by atoms with van der Waals surface area (Å²) in [5.41, 5.74) is -1.32. The van der Waals surface area contributed by atoms with E-state index in [-0.39, 0.29) is 17.3 Å². The van der Waals surface area contributed by atoms with Crippen LogP contribution in [-0.4, -0.2) is 48.0 Å². The summed E-state index contributed by atoms with van der Waals surface area (Å²) in [7, 11) is -1.16. The summed E-state index contributed by atoms with van der Waals surface area (Å²) >= 11 is 0. The van der Waals surface area contributed by atoms with Crippen LogP contribution in [0.1, 0.15) is 19.8 Å². The molecule has 0 amide bonds. The molecule has 0 unspecified atom stereocenters. The molecule has 0 saturated carbocycles. The molecule has 10 heteroatoms. The molecule has 0 bridgehead atoms. The van der Waals surface area contributed by atoms with E-state index in [4.69, 9.17) is 0 Å². The van der Waals surface area contributed by atoms with E-state index in [0.29, 0.717) is 19.0 Å². The fraction of sp³-hybridized carbons (Fsp3) is 0.714. The highest BCUT2D eigenvalue weighted by atomic mass is 35.5. The van der Waals surface area contributed by atoms with Crippen molar-refractivity contribution in [3.63, 3.8) is 0 Å². The van der Waals surface area contributed by atoms with Gasteiger partial charge < -0.3 is 9.88 Å². The van der Waals surface area contributed by atoms with Gasteiger partial charge in [-0.05, 0) is 31.8 Å². The van der Waals surface area contributed by atoms with Crippen molar-refractivity contribution in [1.29, 1.82) is 0 Å². The molecule has 0 aromatic carbocycles. The van der Waals surface area contributed by atoms with Crippen LogP contribution in [0.25, 0.3) is 0 Å². The van der Waals surface area contributed by atoms with Crippen molar-refractivity contribution < 1.29 is 8.42 Å². The molecule has 0 atom stereocenters. The van der Waals surface area contributed by atoms with Crippen molar-refractivity contribution in [3.8, 4) is 0 Å². The van der Waals surface area contributed by atoms with E-state index in [1.165, 1.54) is 18.4 Å². The van der Waals surface area contributed by atoms with Crippen LogP contribution in [0.3, 0.4) is 0 Å². The molecule has 2 heterocycles. The number of aromatic nitrogens is 2. The van der Waals surface area contributed by atoms with E-state index in [1.54, 1.807) is 0 Å². The highest BCUT2D eigenvalue weighted by Crippen LogP contribution is 2.21. The maximum atomic E-state index is 12.7. The van der Waals surface area contributed by atoms with Crippen molar-refractivity contribution in [2.45, 2.75) is 24.7 Å². The smallest absolute Gasteiger partial charge is 0.317 e. The van der Waals surface area contributed by atoms with Gasteiger partial charge in [0.15, 0.2) is 4.90 Å². The van der Waals surface area contributed by atoms with Gasteiger partial charge in [-0.15, -0.1) is 12.4 Å². The standard InChI is InChI=1S/C14H24N4O4S.ClH/c1-4-15-9-11-5-7-18(8-6-11)23(21,22)12-10-16(2)14(20)17(3)13(12)19;/h10-11,15H,4-9H2,1-3H3;1H. The number of aryl methyl sites for hydroxylation is 1. The molecule has 1 aliphatic heterocycles. The van der Waals surface area contributed by atoms with Crippen LogP contribution in [0.5, 0.6) is 0 Å². The van der Waals surface area contributed by atoms with Gasteiger partial charge in [0.2, 0.25) is 10.0 Å². The Morgan fingerprint density at radius 2 is 1.79 bits per heavy atom. The maximum Gasteiger partial charge on any atom is 0.330 e. The van der Waals surface area contributed by atoms with Crippen molar-refractivity contribution in [3.05, 3.63) is 27.0 Å². The zero-order valence-corrected chi connectivity index (χ0v) is 15.8. The van der Waals surface area contributed by atoms with Crippen LogP contribution in [0.4, 0.5) is 0 Å². The minimum absolute atomic E-state index is 0. The Balaban J connectivity index is 0.00000288. The molecule has 2 rings (SSSR count). The van der Waals surface area contributed by atoms with E-state index in [2.05, 4.69) is 5.32 Å². The number of nitrogens with one attached hydrogen (secondary N) is 1. The Morgan fingerprint density at radius 3 is 2.33 bits per heavy atom. The lowest BCUT2D eigenvalue weighted by Gasteiger charge is -2.31. The Morgan fingerprint density at radius 1 is 1.21 bits per heavy atom. The lowest BCUT2D eigenvalue weighted by molar-refractivity contribution is 0.268. The second kappa shape index (κ2) is 8.28. The van der Waals surface area contributed by atoms with Gasteiger partial charge in [-0.2, -0.15) is 4.31 Å². The topological polar surface area (TPSA) is 93.4 Å². The minimum Gasteiger partial charge on any atom is -0.317 e. The molecule has 1 aliphatic rings. The SMILES string of the molecule is CCNCC1CCN(S(=O)(=O)c2cn(C)c(=O)n(C)c2=O)CC1.Cl. The van der Waals surface area contributed by atoms with Crippen molar-refractivity contribution in [2.75, 3.05) is 26.2 Å². The molecule has 1 saturated heterocycles. The van der Waals surface area contributed by atoms with Gasteiger partial charge in [-0.25, -0.2) is 13.2 Å². The van der Waals surface area contributed by atoms with Crippen LogP contribution >= 0.6 is 12.4 Å². The summed E-state index contributed by atoms with van der Waals surface area (Å²) in [5.74, 6) is 0.448. The largest absolute Gasteiger partial charge is 0.330 e. The lowest BCUT2D eigenvalue weighted by atomic mass is 9.98. The van der Waals surface area contributed by atoms with Crippen LogP contribution in [0, 0.1) is 5.92 Å². The first kappa shape index (κ1) is 20.9. The first-order valence-electron chi connectivity index (χ1n) is 7.76. The summed E-state index contributed by atoms with van der Waals surface area (Å²) in [6.45, 7) is 4.60. The van der Waals surface area contributed by atoms with E-state index >= 15 is 0 Å². The summed E-state index contributed by atoms with van der Waals surface area (Å²) in [4.78, 5) is 23.5. The molecule has 1 aromatic rings. The van der Waals surface area contributed by atoms with Crippen LogP contribution < -0.4 is 16.6 Å². The molecule has 1 N–H and O–H groups in total. The Bertz CT molecular complexity index is 779. The first-order chi connectivity index (χ1) is 10.8. The van der Waals surface area contributed by atoms with Gasteiger partial charge >= 0.3 is 5.69 Å². The Kier molecular flexibility index (Phi) is 7.21. The van der Waals surface area contributed by atoms with Gasteiger partial charge in [0.25, 0.3) is 5.56 Å². The van der Waals surface area contributed by atoms with Crippen molar-refractivity contribution in [1.82, 2.24) is 18.8 Å². The summed E-state index contributed by atoms with van der Waals surface area (Å²) in [6.07, 6.45) is 2.64. The maximum absolute atomic E-state index is 12.7. The van der Waals surface area contributed by atoms with Gasteiger partial charge in [0.1, 0.15) is 0 Å². The third-order valence-electron chi connectivity index (χ3n) is 4.29. The van der Waals surface area contributed by atoms with Gasteiger partial charge in [0, 0.05) is 33.4 Å². The zero-order chi connectivity index (χ0) is 17.2. The summed E-state index contributed by atoms with van der Waals surface area (Å²) in [6, 6.07) is 0. The fourth-order valence-electron chi connectivity index (χ4n) is 2.79. The number of hydrogen-bond acceptors (Lipinski definition) is 5. The van der Waals surface area contributed by atoms with Gasteiger partial charge in [0.05, 0.1) is 0 Å². The molecular formula is C14H25ClN4O4S. The number of piperidine rings is 1. The normalized spacial score (nSPS) is 16.8. The van der Waals surface area contributed by atoms with Gasteiger partial charge in [-0.1, -0.05) is 6.92 Å². The molecule has 0 radical (unpaired) electrons. The highest BCUT2D eigenvalue weighted by Gasteiger charge is 2.32. The minimum atomic E-state index is -3.88. The quantitative estimate of drug-likeness (QED) is 0.744. The molecule has 0 spiro atoms. The second-order valence-electron chi connectivity index (χ2n) is 5.91. The van der Waals surface area contributed by atoms with Crippen LogP contribution in [-0.2, 0) is 24.1 Å². The predicted molar refractivity (Wildman–Crippen MR) is 94.2 cm³/mol.